The number of pyridine rings is 1. The van der Waals surface area contributed by atoms with Gasteiger partial charge in [-0.3, -0.25) is 9.78 Å². The first kappa shape index (κ1) is 14.3. The molecular weight excluding hydrogens is 303 g/mol. The fourth-order valence-corrected chi connectivity index (χ4v) is 2.84. The van der Waals surface area contributed by atoms with Crippen molar-refractivity contribution in [1.29, 1.82) is 0 Å². The van der Waals surface area contributed by atoms with Gasteiger partial charge in [-0.1, -0.05) is 36.4 Å². The summed E-state index contributed by atoms with van der Waals surface area (Å²) in [5.41, 5.74) is 2.95. The lowest BCUT2D eigenvalue weighted by Crippen LogP contribution is -2.02. The number of halogens is 1. The molecule has 24 heavy (non-hydrogen) atoms. The number of hydrogen-bond acceptors (Lipinski definition) is 2. The normalized spacial score (nSPS) is 10.9. The van der Waals surface area contributed by atoms with Crippen LogP contribution in [0.1, 0.15) is 15.9 Å². The van der Waals surface area contributed by atoms with E-state index in [1.54, 1.807) is 24.4 Å². The van der Waals surface area contributed by atoms with Gasteiger partial charge in [-0.2, -0.15) is 0 Å². The summed E-state index contributed by atoms with van der Waals surface area (Å²) >= 11 is 0. The molecule has 1 N–H and O–H groups in total. The van der Waals surface area contributed by atoms with Gasteiger partial charge < -0.3 is 4.98 Å². The summed E-state index contributed by atoms with van der Waals surface area (Å²) in [4.78, 5) is 20.6. The molecule has 0 aliphatic carbocycles. The first-order valence-corrected chi connectivity index (χ1v) is 7.56. The highest BCUT2D eigenvalue weighted by atomic mass is 19.1. The van der Waals surface area contributed by atoms with Gasteiger partial charge in [-0.05, 0) is 30.3 Å². The van der Waals surface area contributed by atoms with Crippen molar-refractivity contribution >= 4 is 16.7 Å². The molecule has 0 fully saturated rings. The van der Waals surface area contributed by atoms with Crippen LogP contribution in [-0.4, -0.2) is 15.8 Å². The second-order valence-corrected chi connectivity index (χ2v) is 5.48. The lowest BCUT2D eigenvalue weighted by Gasteiger charge is -2.04. The Bertz CT molecular complexity index is 1020. The van der Waals surface area contributed by atoms with E-state index in [0.29, 0.717) is 33.4 Å². The first-order chi connectivity index (χ1) is 11.7. The van der Waals surface area contributed by atoms with Crippen LogP contribution in [0.5, 0.6) is 0 Å². The quantitative estimate of drug-likeness (QED) is 0.561. The zero-order chi connectivity index (χ0) is 16.5. The van der Waals surface area contributed by atoms with Crippen LogP contribution in [0.2, 0.25) is 0 Å². The number of fused-ring (bicyclic) bond motifs is 1. The van der Waals surface area contributed by atoms with E-state index in [2.05, 4.69) is 9.97 Å². The third-order valence-electron chi connectivity index (χ3n) is 3.94. The topological polar surface area (TPSA) is 45.8 Å². The molecule has 0 aliphatic heterocycles. The maximum atomic E-state index is 13.8. The maximum absolute atomic E-state index is 13.8. The predicted molar refractivity (Wildman–Crippen MR) is 91.4 cm³/mol. The van der Waals surface area contributed by atoms with Crippen LogP contribution in [0.3, 0.4) is 0 Å². The van der Waals surface area contributed by atoms with E-state index in [1.807, 2.05) is 36.4 Å². The number of ketones is 1. The number of aromatic nitrogens is 2. The smallest absolute Gasteiger partial charge is 0.195 e. The molecule has 4 aromatic rings. The Hall–Kier alpha value is -3.27. The number of hydrogen-bond donors (Lipinski definition) is 1. The van der Waals surface area contributed by atoms with Gasteiger partial charge >= 0.3 is 0 Å². The van der Waals surface area contributed by atoms with Crippen molar-refractivity contribution in [2.75, 3.05) is 0 Å². The molecule has 2 aromatic carbocycles. The third-order valence-corrected chi connectivity index (χ3v) is 3.94. The van der Waals surface area contributed by atoms with Crippen LogP contribution in [0.25, 0.3) is 22.3 Å². The zero-order valence-electron chi connectivity index (χ0n) is 12.7. The van der Waals surface area contributed by atoms with E-state index in [4.69, 9.17) is 0 Å². The van der Waals surface area contributed by atoms with E-state index in [9.17, 15) is 9.18 Å². The lowest BCUT2D eigenvalue weighted by atomic mass is 9.99. The summed E-state index contributed by atoms with van der Waals surface area (Å²) < 4.78 is 13.8. The Labute approximate surface area is 137 Å². The highest BCUT2D eigenvalue weighted by molar-refractivity contribution is 6.20. The van der Waals surface area contributed by atoms with Crippen molar-refractivity contribution in [2.24, 2.45) is 0 Å². The zero-order valence-corrected chi connectivity index (χ0v) is 12.7. The van der Waals surface area contributed by atoms with Crippen LogP contribution in [0, 0.1) is 5.82 Å². The minimum absolute atomic E-state index is 0.159. The van der Waals surface area contributed by atoms with Crippen molar-refractivity contribution in [3.05, 3.63) is 89.9 Å². The average molecular weight is 316 g/mol. The van der Waals surface area contributed by atoms with E-state index < -0.39 is 0 Å². The van der Waals surface area contributed by atoms with Gasteiger partial charge in [-0.15, -0.1) is 0 Å². The first-order valence-electron chi connectivity index (χ1n) is 7.56. The molecule has 2 aromatic heterocycles. The monoisotopic (exact) mass is 316 g/mol. The number of benzene rings is 2. The average Bonchev–Trinajstić information content (AvgIpc) is 3.01. The number of H-pyrrole nitrogens is 1. The van der Waals surface area contributed by atoms with Gasteiger partial charge in [0.25, 0.3) is 0 Å². The minimum Gasteiger partial charge on any atom is -0.353 e. The number of carbonyl (C=O) groups excluding carboxylic acids is 1. The Morgan fingerprint density at radius 2 is 1.75 bits per heavy atom. The fraction of sp³-hybridized carbons (Fsp3) is 0. The largest absolute Gasteiger partial charge is 0.353 e. The van der Waals surface area contributed by atoms with E-state index in [0.717, 1.165) is 0 Å². The molecule has 116 valence electrons. The molecule has 4 rings (SSSR count). The molecular formula is C20H13FN2O. The third kappa shape index (κ3) is 2.38. The molecule has 0 saturated heterocycles. The number of nitrogens with one attached hydrogen (secondary N) is 1. The molecule has 3 nitrogen and oxygen atoms in total. The molecule has 0 saturated carbocycles. The van der Waals surface area contributed by atoms with E-state index >= 15 is 0 Å². The molecule has 0 atom stereocenters. The number of rotatable bonds is 3. The van der Waals surface area contributed by atoms with Crippen LogP contribution in [0.4, 0.5) is 4.39 Å². The second-order valence-electron chi connectivity index (χ2n) is 5.48. The van der Waals surface area contributed by atoms with Gasteiger partial charge in [0.05, 0.1) is 17.0 Å². The Morgan fingerprint density at radius 3 is 2.50 bits per heavy atom. The number of aromatic amines is 1. The number of carbonyl (C=O) groups is 1. The van der Waals surface area contributed by atoms with Crippen molar-refractivity contribution in [3.8, 4) is 11.4 Å². The fourth-order valence-electron chi connectivity index (χ4n) is 2.84. The van der Waals surface area contributed by atoms with Gasteiger partial charge in [0.1, 0.15) is 5.82 Å². The molecule has 4 heteroatoms. The summed E-state index contributed by atoms with van der Waals surface area (Å²) in [7, 11) is 0. The molecule has 0 spiro atoms. The SMILES string of the molecule is O=C(c1ccccc1)c1c(-c2ccccn2)[nH]c2ccc(F)cc12. The van der Waals surface area contributed by atoms with Crippen molar-refractivity contribution in [1.82, 2.24) is 9.97 Å². The van der Waals surface area contributed by atoms with Gasteiger partial charge in [0, 0.05) is 22.7 Å². The number of nitrogens with zero attached hydrogens (tertiary/aromatic N) is 1. The second kappa shape index (κ2) is 5.74. The summed E-state index contributed by atoms with van der Waals surface area (Å²) in [5.74, 6) is -0.538. The highest BCUT2D eigenvalue weighted by Crippen LogP contribution is 2.31. The minimum atomic E-state index is -0.379. The van der Waals surface area contributed by atoms with Crippen molar-refractivity contribution < 1.29 is 9.18 Å². The highest BCUT2D eigenvalue weighted by Gasteiger charge is 2.21. The Morgan fingerprint density at radius 1 is 0.958 bits per heavy atom. The molecule has 0 bridgehead atoms. The summed E-state index contributed by atoms with van der Waals surface area (Å²) in [6.07, 6.45) is 1.66. The van der Waals surface area contributed by atoms with Gasteiger partial charge in [0.2, 0.25) is 0 Å². The van der Waals surface area contributed by atoms with Gasteiger partial charge in [-0.25, -0.2) is 4.39 Å². The van der Waals surface area contributed by atoms with Crippen LogP contribution in [0.15, 0.2) is 72.9 Å². The standard InChI is InChI=1S/C20H13FN2O/c21-14-9-10-16-15(12-14)18(20(24)13-6-2-1-3-7-13)19(23-16)17-8-4-5-11-22-17/h1-12,23H. The summed E-state index contributed by atoms with van der Waals surface area (Å²) in [5, 5.41) is 0.560. The van der Waals surface area contributed by atoms with Crippen molar-refractivity contribution in [2.45, 2.75) is 0 Å². The molecule has 2 heterocycles. The lowest BCUT2D eigenvalue weighted by molar-refractivity contribution is 0.104. The molecule has 0 aliphatic rings. The molecule has 0 amide bonds. The van der Waals surface area contributed by atoms with Crippen LogP contribution in [-0.2, 0) is 0 Å². The Kier molecular flexibility index (Phi) is 3.43. The van der Waals surface area contributed by atoms with E-state index in [1.165, 1.54) is 12.1 Å². The Balaban J connectivity index is 2.01. The molecule has 0 radical (unpaired) electrons. The predicted octanol–water partition coefficient (Wildman–Crippen LogP) is 4.60. The summed E-state index contributed by atoms with van der Waals surface area (Å²) in [6, 6.07) is 18.9. The van der Waals surface area contributed by atoms with E-state index in [-0.39, 0.29) is 11.6 Å². The maximum Gasteiger partial charge on any atom is 0.195 e. The summed E-state index contributed by atoms with van der Waals surface area (Å²) in [6.45, 7) is 0. The van der Waals surface area contributed by atoms with Gasteiger partial charge in [0.15, 0.2) is 5.78 Å². The molecule has 0 unspecified atom stereocenters. The van der Waals surface area contributed by atoms with Crippen LogP contribution < -0.4 is 0 Å². The van der Waals surface area contributed by atoms with Crippen molar-refractivity contribution in [3.63, 3.8) is 0 Å². The van der Waals surface area contributed by atoms with Crippen LogP contribution >= 0.6 is 0 Å².